The summed E-state index contributed by atoms with van der Waals surface area (Å²) in [5, 5.41) is 4.45. The number of esters is 1. The van der Waals surface area contributed by atoms with Gasteiger partial charge in [0.15, 0.2) is 18.2 Å². The predicted molar refractivity (Wildman–Crippen MR) is 122 cm³/mol. The van der Waals surface area contributed by atoms with Gasteiger partial charge in [0.05, 0.1) is 5.69 Å². The van der Waals surface area contributed by atoms with Crippen LogP contribution in [-0.2, 0) is 4.74 Å². The number of Topliss-reactive ketones (excluding diaryl/α,β-unsaturated/α-hetero) is 1. The van der Waals surface area contributed by atoms with Crippen molar-refractivity contribution in [2.24, 2.45) is 0 Å². The number of carbonyl (C=O) groups is 2. The molecule has 0 aliphatic heterocycles. The summed E-state index contributed by atoms with van der Waals surface area (Å²) < 4.78 is 6.89. The van der Waals surface area contributed by atoms with Gasteiger partial charge in [-0.3, -0.25) is 4.79 Å². The van der Waals surface area contributed by atoms with E-state index in [-0.39, 0.29) is 18.2 Å². The lowest BCUT2D eigenvalue weighted by molar-refractivity contribution is 0.0462. The molecule has 0 N–H and O–H groups in total. The zero-order valence-electron chi connectivity index (χ0n) is 18.2. The number of rotatable bonds is 6. The summed E-state index contributed by atoms with van der Waals surface area (Å²) >= 11 is 0. The standard InChI is InChI=1S/C26H23N3O3/c1-17-12-14-21(15-13-17)25-27-24(28-29(25)22-11-7-8-18(2)19(22)3)26(31)32-16-23(30)20-9-5-4-6-10-20/h4-15H,16H2,1-3H3. The number of benzene rings is 3. The summed E-state index contributed by atoms with van der Waals surface area (Å²) in [7, 11) is 0. The molecule has 160 valence electrons. The van der Waals surface area contributed by atoms with Crippen molar-refractivity contribution in [3.63, 3.8) is 0 Å². The molecule has 32 heavy (non-hydrogen) atoms. The Balaban J connectivity index is 1.67. The molecule has 0 aliphatic carbocycles. The fourth-order valence-electron chi connectivity index (χ4n) is 3.32. The maximum Gasteiger partial charge on any atom is 0.378 e. The second-order valence-corrected chi connectivity index (χ2v) is 7.62. The Kier molecular flexibility index (Phi) is 5.94. The summed E-state index contributed by atoms with van der Waals surface area (Å²) in [5.41, 5.74) is 5.38. The predicted octanol–water partition coefficient (Wildman–Crippen LogP) is 4.90. The first kappa shape index (κ1) is 21.2. The van der Waals surface area contributed by atoms with E-state index in [2.05, 4.69) is 10.1 Å². The molecule has 4 rings (SSSR count). The molecular weight excluding hydrogens is 402 g/mol. The molecule has 1 heterocycles. The van der Waals surface area contributed by atoms with E-state index in [1.165, 1.54) is 0 Å². The monoisotopic (exact) mass is 425 g/mol. The number of nitrogens with zero attached hydrogens (tertiary/aromatic N) is 3. The summed E-state index contributed by atoms with van der Waals surface area (Å²) in [6, 6.07) is 22.4. The summed E-state index contributed by atoms with van der Waals surface area (Å²) in [4.78, 5) is 29.5. The maximum atomic E-state index is 12.7. The Morgan fingerprint density at radius 1 is 0.875 bits per heavy atom. The average molecular weight is 425 g/mol. The molecule has 0 unspecified atom stereocenters. The van der Waals surface area contributed by atoms with Crippen LogP contribution in [0.2, 0.25) is 0 Å². The van der Waals surface area contributed by atoms with E-state index in [0.29, 0.717) is 11.4 Å². The average Bonchev–Trinajstić information content (AvgIpc) is 3.25. The molecule has 6 nitrogen and oxygen atoms in total. The lowest BCUT2D eigenvalue weighted by atomic mass is 10.1. The highest BCUT2D eigenvalue weighted by atomic mass is 16.5. The van der Waals surface area contributed by atoms with Gasteiger partial charge in [-0.25, -0.2) is 14.5 Å². The molecule has 0 aliphatic rings. The zero-order valence-corrected chi connectivity index (χ0v) is 18.2. The molecule has 0 radical (unpaired) electrons. The molecule has 0 atom stereocenters. The Morgan fingerprint density at radius 2 is 1.59 bits per heavy atom. The first-order valence-corrected chi connectivity index (χ1v) is 10.3. The van der Waals surface area contributed by atoms with Crippen LogP contribution in [0.1, 0.15) is 37.7 Å². The molecule has 0 bridgehead atoms. The van der Waals surface area contributed by atoms with E-state index in [1.54, 1.807) is 28.9 Å². The normalized spacial score (nSPS) is 10.7. The molecular formula is C26H23N3O3. The highest BCUT2D eigenvalue weighted by Gasteiger charge is 2.22. The second kappa shape index (κ2) is 8.98. The quantitative estimate of drug-likeness (QED) is 0.324. The van der Waals surface area contributed by atoms with Crippen molar-refractivity contribution in [3.8, 4) is 17.1 Å². The van der Waals surface area contributed by atoms with Crippen LogP contribution in [0, 0.1) is 20.8 Å². The largest absolute Gasteiger partial charge is 0.451 e. The van der Waals surface area contributed by atoms with Crippen molar-refractivity contribution in [2.75, 3.05) is 6.61 Å². The molecule has 6 heteroatoms. The van der Waals surface area contributed by atoms with Gasteiger partial charge in [0, 0.05) is 11.1 Å². The fraction of sp³-hybridized carbons (Fsp3) is 0.154. The number of aromatic nitrogens is 3. The van der Waals surface area contributed by atoms with Gasteiger partial charge in [-0.05, 0) is 38.0 Å². The fourth-order valence-corrected chi connectivity index (χ4v) is 3.32. The van der Waals surface area contributed by atoms with Crippen LogP contribution in [0.25, 0.3) is 17.1 Å². The van der Waals surface area contributed by atoms with Crippen molar-refractivity contribution in [3.05, 3.63) is 101 Å². The van der Waals surface area contributed by atoms with E-state index in [1.807, 2.05) is 69.3 Å². The van der Waals surface area contributed by atoms with Crippen molar-refractivity contribution in [1.29, 1.82) is 0 Å². The zero-order chi connectivity index (χ0) is 22.7. The number of hydrogen-bond donors (Lipinski definition) is 0. The summed E-state index contributed by atoms with van der Waals surface area (Å²) in [6.07, 6.45) is 0. The third-order valence-electron chi connectivity index (χ3n) is 5.33. The maximum absolute atomic E-state index is 12.7. The van der Waals surface area contributed by atoms with Gasteiger partial charge in [0.25, 0.3) is 5.82 Å². The number of aryl methyl sites for hydroxylation is 2. The minimum Gasteiger partial charge on any atom is -0.451 e. The van der Waals surface area contributed by atoms with Crippen molar-refractivity contribution >= 4 is 11.8 Å². The van der Waals surface area contributed by atoms with Crippen molar-refractivity contribution in [1.82, 2.24) is 14.8 Å². The van der Waals surface area contributed by atoms with E-state index >= 15 is 0 Å². The first-order chi connectivity index (χ1) is 15.4. The molecule has 0 spiro atoms. The Hall–Kier alpha value is -4.06. The Morgan fingerprint density at radius 3 is 2.31 bits per heavy atom. The SMILES string of the molecule is Cc1ccc(-c2nc(C(=O)OCC(=O)c3ccccc3)nn2-c2cccc(C)c2C)cc1. The molecule has 0 saturated heterocycles. The van der Waals surface area contributed by atoms with E-state index in [9.17, 15) is 9.59 Å². The summed E-state index contributed by atoms with van der Waals surface area (Å²) in [5.74, 6) is -0.597. The molecule has 0 fully saturated rings. The second-order valence-electron chi connectivity index (χ2n) is 7.62. The van der Waals surface area contributed by atoms with Gasteiger partial charge in [0.1, 0.15) is 0 Å². The van der Waals surface area contributed by atoms with Gasteiger partial charge in [-0.2, -0.15) is 0 Å². The van der Waals surface area contributed by atoms with Crippen LogP contribution < -0.4 is 0 Å². The van der Waals surface area contributed by atoms with Gasteiger partial charge >= 0.3 is 5.97 Å². The number of hydrogen-bond acceptors (Lipinski definition) is 5. The lowest BCUT2D eigenvalue weighted by Crippen LogP contribution is -2.15. The highest BCUT2D eigenvalue weighted by Crippen LogP contribution is 2.25. The Labute approximate surface area is 186 Å². The third-order valence-corrected chi connectivity index (χ3v) is 5.33. The molecule has 3 aromatic carbocycles. The first-order valence-electron chi connectivity index (χ1n) is 10.3. The highest BCUT2D eigenvalue weighted by molar-refractivity contribution is 5.98. The number of ketones is 1. The van der Waals surface area contributed by atoms with Gasteiger partial charge in [-0.15, -0.1) is 5.10 Å². The molecule has 0 saturated carbocycles. The van der Waals surface area contributed by atoms with Crippen LogP contribution in [0.5, 0.6) is 0 Å². The number of ether oxygens (including phenoxy) is 1. The van der Waals surface area contributed by atoms with Crippen LogP contribution >= 0.6 is 0 Å². The molecule has 4 aromatic rings. The molecule has 1 aromatic heterocycles. The van der Waals surface area contributed by atoms with Crippen LogP contribution in [0.3, 0.4) is 0 Å². The lowest BCUT2D eigenvalue weighted by Gasteiger charge is -2.11. The van der Waals surface area contributed by atoms with E-state index in [4.69, 9.17) is 4.74 Å². The van der Waals surface area contributed by atoms with Crippen molar-refractivity contribution < 1.29 is 14.3 Å². The minimum atomic E-state index is -0.744. The van der Waals surface area contributed by atoms with Gasteiger partial charge in [0.2, 0.25) is 0 Å². The van der Waals surface area contributed by atoms with E-state index < -0.39 is 5.97 Å². The van der Waals surface area contributed by atoms with Gasteiger partial charge < -0.3 is 4.74 Å². The third kappa shape index (κ3) is 4.34. The van der Waals surface area contributed by atoms with Crippen LogP contribution in [0.4, 0.5) is 0 Å². The topological polar surface area (TPSA) is 74.1 Å². The number of carbonyl (C=O) groups excluding carboxylic acids is 2. The minimum absolute atomic E-state index is 0.0951. The van der Waals surface area contributed by atoms with Crippen LogP contribution in [0.15, 0.2) is 72.8 Å². The van der Waals surface area contributed by atoms with Crippen molar-refractivity contribution in [2.45, 2.75) is 20.8 Å². The summed E-state index contributed by atoms with van der Waals surface area (Å²) in [6.45, 7) is 5.65. The van der Waals surface area contributed by atoms with Crippen LogP contribution in [-0.4, -0.2) is 33.1 Å². The molecule has 0 amide bonds. The van der Waals surface area contributed by atoms with E-state index in [0.717, 1.165) is 27.9 Å². The smallest absolute Gasteiger partial charge is 0.378 e. The Bertz CT molecular complexity index is 1280. The van der Waals surface area contributed by atoms with Gasteiger partial charge in [-0.1, -0.05) is 72.3 Å².